The van der Waals surface area contributed by atoms with E-state index in [4.69, 9.17) is 4.74 Å². The lowest BCUT2D eigenvalue weighted by Crippen LogP contribution is -2.45. The highest BCUT2D eigenvalue weighted by Gasteiger charge is 2.34. The minimum Gasteiger partial charge on any atom is -0.444 e. The lowest BCUT2D eigenvalue weighted by atomic mass is 10.1. The van der Waals surface area contributed by atoms with Crippen LogP contribution < -0.4 is 0 Å². The summed E-state index contributed by atoms with van der Waals surface area (Å²) in [5.41, 5.74) is -0.586. The predicted octanol–water partition coefficient (Wildman–Crippen LogP) is 1.28. The first-order valence-corrected chi connectivity index (χ1v) is 7.90. The summed E-state index contributed by atoms with van der Waals surface area (Å²) in [6.45, 7) is 6.88. The summed E-state index contributed by atoms with van der Waals surface area (Å²) in [6, 6.07) is 0. The van der Waals surface area contributed by atoms with Crippen LogP contribution in [-0.2, 0) is 23.8 Å². The Bertz CT molecular complexity index is 471. The van der Waals surface area contributed by atoms with Gasteiger partial charge < -0.3 is 13.8 Å². The molecule has 0 unspecified atom stereocenters. The summed E-state index contributed by atoms with van der Waals surface area (Å²) in [6.07, 6.45) is 0.00446. The van der Waals surface area contributed by atoms with Gasteiger partial charge in [0.2, 0.25) is 0 Å². The second kappa shape index (κ2) is 5.99. The van der Waals surface area contributed by atoms with Crippen molar-refractivity contribution in [2.75, 3.05) is 13.1 Å². The zero-order valence-electron chi connectivity index (χ0n) is 12.2. The van der Waals surface area contributed by atoms with Gasteiger partial charge in [-0.1, -0.05) is 0 Å². The number of likely N-dealkylation sites (tertiary alicyclic amines) is 1. The van der Waals surface area contributed by atoms with E-state index in [1.807, 2.05) is 0 Å². The summed E-state index contributed by atoms with van der Waals surface area (Å²) in [5.74, 6) is -0.848. The summed E-state index contributed by atoms with van der Waals surface area (Å²) >= 11 is 0. The quantitative estimate of drug-likeness (QED) is 0.714. The van der Waals surface area contributed by atoms with E-state index in [-0.39, 0.29) is 25.9 Å². The predicted molar refractivity (Wildman–Crippen MR) is 71.5 cm³/mol. The fourth-order valence-corrected chi connectivity index (χ4v) is 3.14. The second-order valence-electron chi connectivity index (χ2n) is 5.73. The van der Waals surface area contributed by atoms with Crippen LogP contribution in [0.2, 0.25) is 0 Å². The Kier molecular flexibility index (Phi) is 5.01. The molecular formula is C12H21NO6S. The first-order valence-electron chi connectivity index (χ1n) is 6.43. The molecule has 0 atom stereocenters. The van der Waals surface area contributed by atoms with E-state index in [1.165, 1.54) is 4.90 Å². The van der Waals surface area contributed by atoms with Gasteiger partial charge in [0.05, 0.1) is 0 Å². The summed E-state index contributed by atoms with van der Waals surface area (Å²) in [4.78, 5) is 24.0. The molecule has 0 aromatic carbocycles. The van der Waals surface area contributed by atoms with Crippen LogP contribution in [0.25, 0.3) is 0 Å². The molecule has 116 valence electrons. The SMILES string of the molecule is CC(=O)OS(=O)(=O)C1CCN(C(=O)OC(C)(C)C)CC1. The van der Waals surface area contributed by atoms with E-state index >= 15 is 0 Å². The molecule has 0 aromatic rings. The number of carbonyl (C=O) groups is 2. The van der Waals surface area contributed by atoms with Crippen molar-refractivity contribution in [1.82, 2.24) is 4.90 Å². The third kappa shape index (κ3) is 4.99. The fraction of sp³-hybridized carbons (Fsp3) is 0.833. The summed E-state index contributed by atoms with van der Waals surface area (Å²) in [5, 5.41) is -0.759. The molecule has 0 aromatic heterocycles. The molecule has 0 radical (unpaired) electrons. The van der Waals surface area contributed by atoms with E-state index in [0.717, 1.165) is 6.92 Å². The molecule has 0 N–H and O–H groups in total. The molecule has 1 heterocycles. The van der Waals surface area contributed by atoms with Crippen molar-refractivity contribution in [3.05, 3.63) is 0 Å². The van der Waals surface area contributed by atoms with Crippen molar-refractivity contribution in [3.8, 4) is 0 Å². The average Bonchev–Trinajstić information content (AvgIpc) is 2.25. The van der Waals surface area contributed by atoms with E-state index < -0.39 is 33.0 Å². The van der Waals surface area contributed by atoms with Crippen LogP contribution in [0.1, 0.15) is 40.5 Å². The normalized spacial score (nSPS) is 17.7. The van der Waals surface area contributed by atoms with Crippen LogP contribution in [0.3, 0.4) is 0 Å². The van der Waals surface area contributed by atoms with Crippen molar-refractivity contribution in [3.63, 3.8) is 0 Å². The highest BCUT2D eigenvalue weighted by molar-refractivity contribution is 7.87. The van der Waals surface area contributed by atoms with Crippen LogP contribution in [-0.4, -0.2) is 49.3 Å². The van der Waals surface area contributed by atoms with Gasteiger partial charge >= 0.3 is 22.2 Å². The Morgan fingerprint density at radius 1 is 1.15 bits per heavy atom. The molecule has 1 aliphatic heterocycles. The third-order valence-electron chi connectivity index (χ3n) is 2.74. The van der Waals surface area contributed by atoms with Crippen LogP contribution in [0.5, 0.6) is 0 Å². The van der Waals surface area contributed by atoms with Crippen LogP contribution in [0, 0.1) is 0 Å². The summed E-state index contributed by atoms with van der Waals surface area (Å²) < 4.78 is 33.0. The van der Waals surface area contributed by atoms with Crippen molar-refractivity contribution in [1.29, 1.82) is 0 Å². The van der Waals surface area contributed by atoms with Gasteiger partial charge in [-0.25, -0.2) is 4.79 Å². The molecule has 0 bridgehead atoms. The highest BCUT2D eigenvalue weighted by Crippen LogP contribution is 2.21. The number of amides is 1. The van der Waals surface area contributed by atoms with Crippen molar-refractivity contribution >= 4 is 22.2 Å². The number of hydrogen-bond acceptors (Lipinski definition) is 6. The molecule has 1 rings (SSSR count). The van der Waals surface area contributed by atoms with Crippen molar-refractivity contribution in [2.24, 2.45) is 0 Å². The largest absolute Gasteiger partial charge is 0.444 e. The Morgan fingerprint density at radius 2 is 1.65 bits per heavy atom. The molecule has 0 saturated carbocycles. The van der Waals surface area contributed by atoms with Gasteiger partial charge in [-0.05, 0) is 33.6 Å². The molecule has 0 spiro atoms. The molecule has 1 saturated heterocycles. The first kappa shape index (κ1) is 16.7. The van der Waals surface area contributed by atoms with Crippen LogP contribution in [0.4, 0.5) is 4.79 Å². The number of rotatable bonds is 2. The Labute approximate surface area is 119 Å². The van der Waals surface area contributed by atoms with Gasteiger partial charge in [-0.3, -0.25) is 4.79 Å². The number of nitrogens with zero attached hydrogens (tertiary/aromatic N) is 1. The number of piperidine rings is 1. The van der Waals surface area contributed by atoms with Crippen LogP contribution in [0.15, 0.2) is 0 Å². The molecule has 20 heavy (non-hydrogen) atoms. The van der Waals surface area contributed by atoms with Gasteiger partial charge in [-0.2, -0.15) is 8.42 Å². The van der Waals surface area contributed by atoms with E-state index in [0.29, 0.717) is 0 Å². The maximum absolute atomic E-state index is 11.8. The minimum atomic E-state index is -3.90. The number of ether oxygens (including phenoxy) is 1. The van der Waals surface area contributed by atoms with Crippen molar-refractivity contribution < 1.29 is 26.9 Å². The van der Waals surface area contributed by atoms with Crippen LogP contribution >= 0.6 is 0 Å². The van der Waals surface area contributed by atoms with Gasteiger partial charge in [0.15, 0.2) is 0 Å². The third-order valence-corrected chi connectivity index (χ3v) is 4.49. The molecule has 1 fully saturated rings. The summed E-state index contributed by atoms with van der Waals surface area (Å²) in [7, 11) is -3.90. The zero-order valence-corrected chi connectivity index (χ0v) is 13.0. The zero-order chi connectivity index (χ0) is 15.6. The monoisotopic (exact) mass is 307 g/mol. The van der Waals surface area contributed by atoms with E-state index in [2.05, 4.69) is 4.18 Å². The molecule has 1 aliphatic rings. The van der Waals surface area contributed by atoms with E-state index in [1.54, 1.807) is 20.8 Å². The highest BCUT2D eigenvalue weighted by atomic mass is 32.2. The molecule has 8 heteroatoms. The van der Waals surface area contributed by atoms with Gasteiger partial charge in [0.1, 0.15) is 10.9 Å². The van der Waals surface area contributed by atoms with E-state index in [9.17, 15) is 18.0 Å². The fourth-order valence-electron chi connectivity index (χ4n) is 1.89. The topological polar surface area (TPSA) is 90.0 Å². The maximum atomic E-state index is 11.8. The lowest BCUT2D eigenvalue weighted by Gasteiger charge is -2.32. The van der Waals surface area contributed by atoms with Gasteiger partial charge in [0, 0.05) is 20.0 Å². The number of carbonyl (C=O) groups excluding carboxylic acids is 2. The molecule has 1 amide bonds. The first-order chi connectivity index (χ1) is 9.01. The smallest absolute Gasteiger partial charge is 0.410 e. The minimum absolute atomic E-state index is 0.231. The Balaban J connectivity index is 2.56. The molecular weight excluding hydrogens is 286 g/mol. The lowest BCUT2D eigenvalue weighted by molar-refractivity contribution is -0.131. The second-order valence-corrected chi connectivity index (χ2v) is 7.55. The average molecular weight is 307 g/mol. The number of hydrogen-bond donors (Lipinski definition) is 0. The van der Waals surface area contributed by atoms with Crippen molar-refractivity contribution in [2.45, 2.75) is 51.4 Å². The molecule has 7 nitrogen and oxygen atoms in total. The van der Waals surface area contributed by atoms with Gasteiger partial charge in [0.25, 0.3) is 0 Å². The standard InChI is InChI=1S/C12H21NO6S/c1-9(14)19-20(16,17)10-5-7-13(8-6-10)11(15)18-12(2,3)4/h10H,5-8H2,1-4H3. The Morgan fingerprint density at radius 3 is 2.05 bits per heavy atom. The molecule has 0 aliphatic carbocycles. The Hall–Kier alpha value is -1.31. The van der Waals surface area contributed by atoms with Gasteiger partial charge in [-0.15, -0.1) is 0 Å². The maximum Gasteiger partial charge on any atom is 0.410 e.